The largest absolute Gasteiger partial charge is 0.386 e. The zero-order chi connectivity index (χ0) is 54.5. The lowest BCUT2D eigenvalue weighted by atomic mass is 9.85. The molecule has 1 fully saturated rings. The number of allylic oxidation sites excluding steroid dienone is 7. The quantitative estimate of drug-likeness (QED) is 0.0817. The van der Waals surface area contributed by atoms with Crippen LogP contribution in [0.5, 0.6) is 0 Å². The second-order valence-corrected chi connectivity index (χ2v) is 21.1. The first kappa shape index (κ1) is 78.1. The van der Waals surface area contributed by atoms with Crippen LogP contribution in [0.1, 0.15) is 222 Å². The van der Waals surface area contributed by atoms with Crippen LogP contribution >= 0.6 is 0 Å². The maximum Gasteiger partial charge on any atom is 0.160 e. The summed E-state index contributed by atoms with van der Waals surface area (Å²) in [5.41, 5.74) is 10.8. The van der Waals surface area contributed by atoms with Gasteiger partial charge in [0.05, 0.1) is 6.04 Å². The van der Waals surface area contributed by atoms with Gasteiger partial charge in [-0.2, -0.15) is 0 Å². The van der Waals surface area contributed by atoms with Crippen molar-refractivity contribution in [2.45, 2.75) is 241 Å². The van der Waals surface area contributed by atoms with Gasteiger partial charge in [0, 0.05) is 35.9 Å². The summed E-state index contributed by atoms with van der Waals surface area (Å²) >= 11 is 0. The van der Waals surface area contributed by atoms with E-state index >= 15 is 0 Å². The van der Waals surface area contributed by atoms with Gasteiger partial charge in [0.1, 0.15) is 0 Å². The zero-order valence-electron chi connectivity index (χ0n) is 49.7. The van der Waals surface area contributed by atoms with Crippen molar-refractivity contribution in [3.63, 3.8) is 0 Å². The molecule has 6 atom stereocenters. The van der Waals surface area contributed by atoms with Crippen molar-refractivity contribution in [2.24, 2.45) is 40.2 Å². The summed E-state index contributed by atoms with van der Waals surface area (Å²) in [5, 5.41) is 6.97. The number of unbranched alkanes of at least 4 members (excludes halogenated alkanes) is 1. The lowest BCUT2D eigenvalue weighted by molar-refractivity contribution is -0.119. The highest BCUT2D eigenvalue weighted by atomic mass is 16.1. The Labute approximate surface area is 424 Å². The number of rotatable bonds is 16. The number of nitrogens with two attached hydrogens (primary N) is 1. The number of terminal acetylenes is 1. The maximum absolute atomic E-state index is 11.5. The van der Waals surface area contributed by atoms with Crippen molar-refractivity contribution in [1.29, 1.82) is 0 Å². The fraction of sp³-hybridized carbons (Fsp3) is 0.726. The molecule has 2 aliphatic rings. The molecule has 1 saturated heterocycles. The fourth-order valence-electron chi connectivity index (χ4n) is 7.55. The summed E-state index contributed by atoms with van der Waals surface area (Å²) in [6.45, 7) is 65.7. The van der Waals surface area contributed by atoms with E-state index in [1.165, 1.54) is 75.3 Å². The van der Waals surface area contributed by atoms with Crippen molar-refractivity contribution < 1.29 is 4.79 Å². The molecule has 396 valence electrons. The van der Waals surface area contributed by atoms with Gasteiger partial charge in [-0.3, -0.25) is 4.79 Å². The molecule has 0 amide bonds. The molecule has 0 aromatic rings. The summed E-state index contributed by atoms with van der Waals surface area (Å²) < 4.78 is 0. The summed E-state index contributed by atoms with van der Waals surface area (Å²) in [6.07, 6.45) is 31.4. The summed E-state index contributed by atoms with van der Waals surface area (Å²) in [6, 6.07) is 1.37. The monoisotopic (exact) mass is 939 g/mol. The van der Waals surface area contributed by atoms with Crippen LogP contribution < -0.4 is 16.4 Å². The molecular weight excluding hydrogens is 817 g/mol. The molecule has 0 radical (unpaired) electrons. The van der Waals surface area contributed by atoms with Gasteiger partial charge in [-0.25, -0.2) is 0 Å². The second-order valence-electron chi connectivity index (χ2n) is 21.1. The summed E-state index contributed by atoms with van der Waals surface area (Å²) in [7, 11) is 3.59. The van der Waals surface area contributed by atoms with E-state index in [2.05, 4.69) is 195 Å². The van der Waals surface area contributed by atoms with Gasteiger partial charge in [-0.15, -0.1) is 19.4 Å². The molecule has 5 heteroatoms. The average molecular weight is 940 g/mol. The molecule has 67 heavy (non-hydrogen) atoms. The molecule has 1 aliphatic carbocycles. The second kappa shape index (κ2) is 49.4. The van der Waals surface area contributed by atoms with E-state index in [0.717, 1.165) is 43.8 Å². The number of carbonyl (C=O) groups excluding carboxylic acids is 1. The van der Waals surface area contributed by atoms with Crippen molar-refractivity contribution >= 4 is 5.78 Å². The fourth-order valence-corrected chi connectivity index (χ4v) is 7.55. The molecule has 0 aromatic carbocycles. The van der Waals surface area contributed by atoms with Crippen LogP contribution in [0.25, 0.3) is 0 Å². The van der Waals surface area contributed by atoms with Crippen molar-refractivity contribution in [1.82, 2.24) is 15.5 Å². The number of likely N-dealkylation sites (tertiary alicyclic amines) is 1. The van der Waals surface area contributed by atoms with Crippen LogP contribution in [-0.2, 0) is 4.79 Å². The predicted octanol–water partition coefficient (Wildman–Crippen LogP) is 17.9. The van der Waals surface area contributed by atoms with Crippen LogP contribution in [0.15, 0.2) is 85.3 Å². The molecule has 5 nitrogen and oxygen atoms in total. The number of Topliss-reactive ketones (excluding diaryl/α,β-unsaturated/α-hetero) is 1. The lowest BCUT2D eigenvalue weighted by Gasteiger charge is -2.38. The highest BCUT2D eigenvalue weighted by Gasteiger charge is 2.37. The van der Waals surface area contributed by atoms with Crippen LogP contribution in [0.3, 0.4) is 0 Å². The van der Waals surface area contributed by atoms with Crippen LogP contribution in [0, 0.1) is 47.3 Å². The maximum atomic E-state index is 11.5. The molecule has 1 aliphatic heterocycles. The molecular formula is C62H122N4O. The Hall–Kier alpha value is -3.07. The van der Waals surface area contributed by atoms with Crippen molar-refractivity contribution in [2.75, 3.05) is 20.6 Å². The van der Waals surface area contributed by atoms with E-state index in [9.17, 15) is 4.79 Å². The van der Waals surface area contributed by atoms with Gasteiger partial charge < -0.3 is 21.3 Å². The summed E-state index contributed by atoms with van der Waals surface area (Å²) in [4.78, 5) is 14.0. The van der Waals surface area contributed by atoms with E-state index in [-0.39, 0.29) is 11.7 Å². The standard InChI is InChI=1S/C22H36N2.C12H22O.C10H21N.C5H12.C4H8.C4H10.C2H6.C2H2.CH5N/c1-6-19-15-16-24(22(19)17(2)3)18(4)21(23-5)20-13-11-9-7-8-10-12-14-20;1-6-7-10(4)8-11(5)12(13)9(2)3;1-7-9(10(4,5)6)11-8(2)3;1-5(2,3)4;1-4(2)3;1-3-4-2;3*1-2/h7-10,19-23H,2,4,6,11-16H2,1,3,5H3;10-11H,2,6-8H2,1,3-5H3;9,11H,2,7H2,1,3-6H3;1-4H3;1H2,2-3H3;3-4H2,1-2H3;1-2H3;1-2H;2H2,1H3/b9-7-,10-8-;;;;;;;;/t19-,21?,22?;;;;;;;;/m0......../s1. The van der Waals surface area contributed by atoms with Gasteiger partial charge in [0.25, 0.3) is 0 Å². The van der Waals surface area contributed by atoms with Crippen LogP contribution in [0.4, 0.5) is 0 Å². The first-order chi connectivity index (χ1) is 31.1. The minimum Gasteiger partial charge on any atom is -0.386 e. The molecule has 5 unspecified atom stereocenters. The van der Waals surface area contributed by atoms with Crippen molar-refractivity contribution in [3.05, 3.63) is 85.3 Å². The van der Waals surface area contributed by atoms with E-state index in [4.69, 9.17) is 0 Å². The number of carbonyl (C=O) groups is 1. The van der Waals surface area contributed by atoms with Gasteiger partial charge in [0.15, 0.2) is 5.78 Å². The summed E-state index contributed by atoms with van der Waals surface area (Å²) in [5.74, 6) is 2.40. The number of nitrogens with zero attached hydrogens (tertiary/aromatic N) is 1. The minimum absolute atomic E-state index is 0.152. The minimum atomic E-state index is 0.152. The lowest BCUT2D eigenvalue weighted by Crippen LogP contribution is -2.44. The molecule has 0 aromatic heterocycles. The van der Waals surface area contributed by atoms with Crippen LogP contribution in [-0.4, -0.2) is 49.4 Å². The number of hydrogen-bond donors (Lipinski definition) is 3. The Morgan fingerprint density at radius 1 is 0.776 bits per heavy atom. The Morgan fingerprint density at radius 3 is 1.46 bits per heavy atom. The Balaban J connectivity index is -0.000000143. The SMILES string of the molecule is C#C.C=C(C)C.C=C(C)C(=O)C(C)CC(C)CCC.C=C(C)C1[C@@H](CC)CCN1C(=C)C(NC)C1CC/C=C\C=C/CC1.C=C(C)NC(CC)C(C)(C)C.CC.CC(C)(C)C.CCCC.CN. The van der Waals surface area contributed by atoms with E-state index in [1.54, 1.807) is 6.92 Å². The smallest absolute Gasteiger partial charge is 0.160 e. The molecule has 0 bridgehead atoms. The van der Waals surface area contributed by atoms with Gasteiger partial charge in [-0.1, -0.05) is 205 Å². The van der Waals surface area contributed by atoms with E-state index in [0.29, 0.717) is 46.4 Å². The van der Waals surface area contributed by atoms with Gasteiger partial charge in [-0.05, 0) is 128 Å². The first-order valence-corrected chi connectivity index (χ1v) is 26.4. The molecule has 0 spiro atoms. The Bertz CT molecular complexity index is 1270. The number of hydrogen-bond acceptors (Lipinski definition) is 5. The third-order valence-electron chi connectivity index (χ3n) is 10.6. The number of likely N-dealkylation sites (N-methyl/N-ethyl adjacent to an activating group) is 1. The molecule has 2 rings (SSSR count). The third kappa shape index (κ3) is 49.2. The average Bonchev–Trinajstić information content (AvgIpc) is 3.74. The number of nitrogens with one attached hydrogen (secondary N) is 2. The highest BCUT2D eigenvalue weighted by molar-refractivity contribution is 5.95. The molecule has 0 saturated carbocycles. The van der Waals surface area contributed by atoms with Gasteiger partial charge in [0.2, 0.25) is 0 Å². The Morgan fingerprint density at radius 2 is 1.19 bits per heavy atom. The highest BCUT2D eigenvalue weighted by Crippen LogP contribution is 2.36. The first-order valence-electron chi connectivity index (χ1n) is 26.4. The van der Waals surface area contributed by atoms with E-state index < -0.39 is 0 Å². The normalized spacial score (nSPS) is 17.7. The van der Waals surface area contributed by atoms with Gasteiger partial charge >= 0.3 is 0 Å². The zero-order valence-corrected chi connectivity index (χ0v) is 49.7. The third-order valence-corrected chi connectivity index (χ3v) is 10.6. The Kier molecular flexibility index (Phi) is 57.5. The number of ketones is 1. The molecule has 4 N–H and O–H groups in total. The predicted molar refractivity (Wildman–Crippen MR) is 313 cm³/mol. The van der Waals surface area contributed by atoms with Crippen molar-refractivity contribution in [3.8, 4) is 12.8 Å². The van der Waals surface area contributed by atoms with Crippen LogP contribution in [0.2, 0.25) is 0 Å². The topological polar surface area (TPSA) is 70.4 Å². The van der Waals surface area contributed by atoms with E-state index in [1.807, 2.05) is 41.5 Å². The molecule has 1 heterocycles.